The van der Waals surface area contributed by atoms with E-state index in [1.54, 1.807) is 12.1 Å². The molecule has 1 aromatic rings. The van der Waals surface area contributed by atoms with E-state index in [2.05, 4.69) is 17.3 Å². The molecule has 0 unspecified atom stereocenters. The van der Waals surface area contributed by atoms with Gasteiger partial charge in [-0.15, -0.1) is 0 Å². The Balaban J connectivity index is 1.40. The Morgan fingerprint density at radius 2 is 1.85 bits per heavy atom. The molecule has 134 valence electrons. The number of ether oxygens (including phenoxy) is 1. The van der Waals surface area contributed by atoms with Crippen molar-refractivity contribution >= 4 is 18.0 Å². The number of hydrogen-bond donors (Lipinski definition) is 1. The van der Waals surface area contributed by atoms with Crippen molar-refractivity contribution in [2.24, 2.45) is 40.6 Å². The maximum Gasteiger partial charge on any atom is 0.254 e. The highest BCUT2D eigenvalue weighted by Gasteiger charge is 2.67. The van der Waals surface area contributed by atoms with Gasteiger partial charge >= 0.3 is 0 Å². The minimum Gasteiger partial charge on any atom is -0.504 e. The van der Waals surface area contributed by atoms with Gasteiger partial charge in [-0.25, -0.2) is 0 Å². The molecule has 0 radical (unpaired) electrons. The van der Waals surface area contributed by atoms with Crippen LogP contribution in [0, 0.1) is 35.5 Å². The Bertz CT molecular complexity index is 825. The number of rotatable bonds is 4. The van der Waals surface area contributed by atoms with E-state index < -0.39 is 0 Å². The number of aromatic hydroxyl groups is 1. The summed E-state index contributed by atoms with van der Waals surface area (Å²) >= 11 is 0. The molecule has 6 nitrogen and oxygen atoms in total. The first kappa shape index (κ1) is 15.6. The van der Waals surface area contributed by atoms with Crippen LogP contribution in [0.25, 0.3) is 0 Å². The summed E-state index contributed by atoms with van der Waals surface area (Å²) in [5.41, 5.74) is 0.658. The fourth-order valence-electron chi connectivity index (χ4n) is 5.06. The summed E-state index contributed by atoms with van der Waals surface area (Å²) in [7, 11) is 0. The predicted octanol–water partition coefficient (Wildman–Crippen LogP) is 2.18. The lowest BCUT2D eigenvalue weighted by Crippen LogP contribution is -2.40. The number of carbonyl (C=O) groups is 2. The van der Waals surface area contributed by atoms with E-state index in [-0.39, 0.29) is 41.2 Å². The lowest BCUT2D eigenvalue weighted by Gasteiger charge is -2.37. The van der Waals surface area contributed by atoms with Gasteiger partial charge in [0.2, 0.25) is 0 Å². The zero-order valence-electron chi connectivity index (χ0n) is 14.4. The van der Waals surface area contributed by atoms with Gasteiger partial charge in [0.15, 0.2) is 11.5 Å². The van der Waals surface area contributed by atoms with E-state index in [1.165, 1.54) is 12.3 Å². The molecule has 2 bridgehead atoms. The van der Waals surface area contributed by atoms with Crippen molar-refractivity contribution in [2.75, 3.05) is 6.61 Å². The Morgan fingerprint density at radius 3 is 2.46 bits per heavy atom. The summed E-state index contributed by atoms with van der Waals surface area (Å²) in [6.07, 6.45) is 6.91. The molecule has 0 aromatic heterocycles. The lowest BCUT2D eigenvalue weighted by atomic mass is 9.63. The molecule has 1 aliphatic heterocycles. The topological polar surface area (TPSA) is 79.2 Å². The van der Waals surface area contributed by atoms with Crippen molar-refractivity contribution in [2.45, 2.75) is 13.3 Å². The average molecular weight is 352 g/mol. The smallest absolute Gasteiger partial charge is 0.254 e. The van der Waals surface area contributed by atoms with Crippen molar-refractivity contribution in [3.8, 4) is 11.5 Å². The molecule has 6 atom stereocenters. The molecule has 1 aromatic carbocycles. The molecule has 1 saturated heterocycles. The van der Waals surface area contributed by atoms with Crippen molar-refractivity contribution in [1.82, 2.24) is 5.01 Å². The summed E-state index contributed by atoms with van der Waals surface area (Å²) in [5.74, 6) is 1.13. The first-order valence-corrected chi connectivity index (χ1v) is 9.16. The zero-order valence-corrected chi connectivity index (χ0v) is 14.4. The highest BCUT2D eigenvalue weighted by Crippen LogP contribution is 2.65. The van der Waals surface area contributed by atoms with Crippen LogP contribution in [0.2, 0.25) is 0 Å². The SMILES string of the molecule is CCOc1cc(/C=N\N2C(=O)[C@@H]3[C@H]4C=C[C@@H]([C@@H]5C[C@H]45)[C@@H]3C2=O)ccc1O. The summed E-state index contributed by atoms with van der Waals surface area (Å²) < 4.78 is 5.35. The van der Waals surface area contributed by atoms with E-state index in [1.807, 2.05) is 6.92 Å². The molecule has 3 fully saturated rings. The molecule has 5 aliphatic rings. The van der Waals surface area contributed by atoms with Crippen LogP contribution in [0.3, 0.4) is 0 Å². The molecule has 1 N–H and O–H groups in total. The fourth-order valence-corrected chi connectivity index (χ4v) is 5.06. The number of imide groups is 1. The highest BCUT2D eigenvalue weighted by atomic mass is 16.5. The van der Waals surface area contributed by atoms with Crippen LogP contribution in [0.5, 0.6) is 11.5 Å². The number of phenols is 1. The van der Waals surface area contributed by atoms with Crippen LogP contribution >= 0.6 is 0 Å². The summed E-state index contributed by atoms with van der Waals surface area (Å²) in [5, 5.41) is 15.0. The highest BCUT2D eigenvalue weighted by molar-refractivity contribution is 6.06. The van der Waals surface area contributed by atoms with Gasteiger partial charge in [-0.3, -0.25) is 9.59 Å². The number of amides is 2. The number of hydrazone groups is 1. The van der Waals surface area contributed by atoms with Crippen LogP contribution in [-0.4, -0.2) is 34.8 Å². The van der Waals surface area contributed by atoms with Crippen LogP contribution in [-0.2, 0) is 9.59 Å². The quantitative estimate of drug-likeness (QED) is 0.512. The van der Waals surface area contributed by atoms with E-state index in [4.69, 9.17) is 4.74 Å². The number of benzene rings is 1. The monoisotopic (exact) mass is 352 g/mol. The first-order chi connectivity index (χ1) is 12.6. The summed E-state index contributed by atoms with van der Waals surface area (Å²) in [6, 6.07) is 4.82. The van der Waals surface area contributed by atoms with Gasteiger partial charge in [0, 0.05) is 0 Å². The number of nitrogens with zero attached hydrogens (tertiary/aromatic N) is 2. The third-order valence-corrected chi connectivity index (χ3v) is 6.25. The Kier molecular flexibility index (Phi) is 3.26. The number of hydrogen-bond acceptors (Lipinski definition) is 5. The standard InChI is InChI=1S/C20H20N2O4/c1-2-26-16-7-10(3-6-15(16)23)9-21-22-19(24)17-11-4-5-12(14-8-13(11)14)18(17)20(22)25/h3-7,9,11-14,17-18,23H,2,8H2,1H3/b21-9-/t11-,12-,13-,14+,17-,18+/m0/s1. The lowest BCUT2D eigenvalue weighted by molar-refractivity contribution is -0.140. The van der Waals surface area contributed by atoms with Gasteiger partial charge in [-0.1, -0.05) is 12.2 Å². The Labute approximate surface area is 151 Å². The Hall–Kier alpha value is -2.63. The van der Waals surface area contributed by atoms with Crippen molar-refractivity contribution in [3.05, 3.63) is 35.9 Å². The van der Waals surface area contributed by atoms with E-state index in [0.717, 1.165) is 11.4 Å². The van der Waals surface area contributed by atoms with Gasteiger partial charge in [0.05, 0.1) is 24.7 Å². The molecular weight excluding hydrogens is 332 g/mol. The fraction of sp³-hybridized carbons (Fsp3) is 0.450. The molecular formula is C20H20N2O4. The number of carbonyl (C=O) groups excluding carboxylic acids is 2. The van der Waals surface area contributed by atoms with Gasteiger partial charge in [0.1, 0.15) is 0 Å². The number of allylic oxidation sites excluding steroid dienone is 2. The molecule has 0 spiro atoms. The predicted molar refractivity (Wildman–Crippen MR) is 93.4 cm³/mol. The van der Waals surface area contributed by atoms with Crippen molar-refractivity contribution < 1.29 is 19.4 Å². The number of phenolic OH excluding ortho intramolecular Hbond substituents is 1. The second-order valence-corrected chi connectivity index (χ2v) is 7.55. The van der Waals surface area contributed by atoms with Crippen LogP contribution < -0.4 is 4.74 Å². The minimum atomic E-state index is -0.239. The van der Waals surface area contributed by atoms with Crippen LogP contribution in [0.4, 0.5) is 0 Å². The molecule has 26 heavy (non-hydrogen) atoms. The first-order valence-electron chi connectivity index (χ1n) is 9.16. The third kappa shape index (κ3) is 2.08. The molecule has 2 saturated carbocycles. The van der Waals surface area contributed by atoms with E-state index >= 15 is 0 Å². The second kappa shape index (κ2) is 5.43. The summed E-state index contributed by atoms with van der Waals surface area (Å²) in [6.45, 7) is 2.26. The minimum absolute atomic E-state index is 0.0465. The second-order valence-electron chi connectivity index (χ2n) is 7.55. The van der Waals surface area contributed by atoms with Crippen LogP contribution in [0.1, 0.15) is 18.9 Å². The maximum absolute atomic E-state index is 12.8. The molecule has 4 aliphatic carbocycles. The van der Waals surface area contributed by atoms with Crippen LogP contribution in [0.15, 0.2) is 35.5 Å². The molecule has 6 rings (SSSR count). The molecule has 2 amide bonds. The largest absolute Gasteiger partial charge is 0.504 e. The van der Waals surface area contributed by atoms with E-state index in [0.29, 0.717) is 29.8 Å². The Morgan fingerprint density at radius 1 is 1.19 bits per heavy atom. The van der Waals surface area contributed by atoms with Gasteiger partial charge in [-0.2, -0.15) is 10.1 Å². The van der Waals surface area contributed by atoms with Gasteiger partial charge < -0.3 is 9.84 Å². The zero-order chi connectivity index (χ0) is 18.0. The maximum atomic E-state index is 12.8. The van der Waals surface area contributed by atoms with Crippen molar-refractivity contribution in [3.63, 3.8) is 0 Å². The molecule has 1 heterocycles. The average Bonchev–Trinajstić information content (AvgIpc) is 3.42. The van der Waals surface area contributed by atoms with E-state index in [9.17, 15) is 14.7 Å². The van der Waals surface area contributed by atoms with Gasteiger partial charge in [0.25, 0.3) is 11.8 Å². The third-order valence-electron chi connectivity index (χ3n) is 6.25. The molecule has 6 heteroatoms. The normalized spacial score (nSPS) is 36.6. The summed E-state index contributed by atoms with van der Waals surface area (Å²) in [4.78, 5) is 25.7. The van der Waals surface area contributed by atoms with Gasteiger partial charge in [-0.05, 0) is 60.8 Å². The van der Waals surface area contributed by atoms with Crippen molar-refractivity contribution in [1.29, 1.82) is 0 Å².